The van der Waals surface area contributed by atoms with Crippen molar-refractivity contribution in [1.82, 2.24) is 0 Å². The maximum Gasteiger partial charge on any atom is 0.123 e. The molecule has 1 fully saturated rings. The van der Waals surface area contributed by atoms with Crippen LogP contribution in [0.5, 0.6) is 0 Å². The molecule has 0 bridgehead atoms. The predicted octanol–water partition coefficient (Wildman–Crippen LogP) is 5.97. The van der Waals surface area contributed by atoms with Crippen LogP contribution in [-0.4, -0.2) is 5.88 Å². The van der Waals surface area contributed by atoms with Crippen molar-refractivity contribution in [3.63, 3.8) is 0 Å². The number of hydrogen-bond donors (Lipinski definition) is 0. The third-order valence-corrected chi connectivity index (χ3v) is 5.47. The molecule has 112 valence electrons. The minimum Gasteiger partial charge on any atom is -0.207 e. The van der Waals surface area contributed by atoms with E-state index in [9.17, 15) is 4.39 Å². The molecule has 0 atom stereocenters. The number of hydrogen-bond acceptors (Lipinski definition) is 0. The lowest BCUT2D eigenvalue weighted by Gasteiger charge is -2.39. The molecule has 1 aromatic rings. The Morgan fingerprint density at radius 2 is 1.85 bits per heavy atom. The lowest BCUT2D eigenvalue weighted by Crippen LogP contribution is -2.31. The zero-order valence-corrected chi connectivity index (χ0v) is 13.3. The van der Waals surface area contributed by atoms with Gasteiger partial charge in [0.15, 0.2) is 0 Å². The molecule has 0 amide bonds. The largest absolute Gasteiger partial charge is 0.207 e. The summed E-state index contributed by atoms with van der Waals surface area (Å²) in [5.74, 6) is 1.47. The van der Waals surface area contributed by atoms with Gasteiger partial charge in [-0.05, 0) is 61.1 Å². The van der Waals surface area contributed by atoms with Crippen molar-refractivity contribution in [3.8, 4) is 0 Å². The quantitative estimate of drug-likeness (QED) is 0.567. The van der Waals surface area contributed by atoms with Gasteiger partial charge in [0.2, 0.25) is 0 Å². The fraction of sp³-hybridized carbons (Fsp3) is 0.667. The van der Waals surface area contributed by atoms with Gasteiger partial charge in [-0.1, -0.05) is 38.3 Å². The van der Waals surface area contributed by atoms with Crippen molar-refractivity contribution in [3.05, 3.63) is 35.6 Å². The van der Waals surface area contributed by atoms with E-state index < -0.39 is 0 Å². The van der Waals surface area contributed by atoms with Gasteiger partial charge in [-0.3, -0.25) is 0 Å². The zero-order valence-electron chi connectivity index (χ0n) is 12.5. The van der Waals surface area contributed by atoms with Gasteiger partial charge in [0, 0.05) is 5.88 Å². The minimum atomic E-state index is -0.156. The average molecular weight is 297 g/mol. The first-order valence-electron chi connectivity index (χ1n) is 7.98. The van der Waals surface area contributed by atoms with Gasteiger partial charge >= 0.3 is 0 Å². The molecule has 0 saturated heterocycles. The van der Waals surface area contributed by atoms with Gasteiger partial charge in [-0.2, -0.15) is 0 Å². The molecule has 0 N–H and O–H groups in total. The molecule has 2 rings (SSSR count). The number of rotatable bonds is 6. The monoisotopic (exact) mass is 296 g/mol. The van der Waals surface area contributed by atoms with E-state index in [4.69, 9.17) is 11.6 Å². The van der Waals surface area contributed by atoms with Crippen LogP contribution in [0.4, 0.5) is 4.39 Å². The second-order valence-corrected chi connectivity index (χ2v) is 6.79. The summed E-state index contributed by atoms with van der Waals surface area (Å²) in [7, 11) is 0. The zero-order chi connectivity index (χ0) is 14.4. The lowest BCUT2D eigenvalue weighted by molar-refractivity contribution is 0.166. The Labute approximate surface area is 127 Å². The Bertz CT molecular complexity index is 390. The summed E-state index contributed by atoms with van der Waals surface area (Å²) in [5, 5.41) is 0. The topological polar surface area (TPSA) is 0 Å². The highest BCUT2D eigenvalue weighted by atomic mass is 35.5. The number of halogens is 2. The molecule has 0 aromatic heterocycles. The third kappa shape index (κ3) is 4.22. The summed E-state index contributed by atoms with van der Waals surface area (Å²) in [6, 6.07) is 6.94. The third-order valence-electron chi connectivity index (χ3n) is 4.91. The van der Waals surface area contributed by atoms with Gasteiger partial charge in [0.05, 0.1) is 0 Å². The summed E-state index contributed by atoms with van der Waals surface area (Å²) in [5.41, 5.74) is 1.46. The fourth-order valence-electron chi connectivity index (χ4n) is 3.46. The van der Waals surface area contributed by atoms with E-state index >= 15 is 0 Å². The molecule has 1 aliphatic rings. The predicted molar refractivity (Wildman–Crippen MR) is 84.7 cm³/mol. The van der Waals surface area contributed by atoms with Crippen molar-refractivity contribution in [1.29, 1.82) is 0 Å². The Kier molecular flexibility index (Phi) is 5.89. The summed E-state index contributed by atoms with van der Waals surface area (Å²) in [4.78, 5) is 0. The van der Waals surface area contributed by atoms with Crippen LogP contribution in [0, 0.1) is 17.2 Å². The van der Waals surface area contributed by atoms with Gasteiger partial charge < -0.3 is 0 Å². The number of benzene rings is 1. The van der Waals surface area contributed by atoms with Crippen molar-refractivity contribution >= 4 is 11.6 Å². The van der Waals surface area contributed by atoms with Crippen LogP contribution in [0.25, 0.3) is 0 Å². The van der Waals surface area contributed by atoms with E-state index in [1.54, 1.807) is 12.1 Å². The van der Waals surface area contributed by atoms with Crippen molar-refractivity contribution in [2.24, 2.45) is 11.3 Å². The lowest BCUT2D eigenvalue weighted by atomic mass is 9.68. The van der Waals surface area contributed by atoms with E-state index in [0.29, 0.717) is 0 Å². The summed E-state index contributed by atoms with van der Waals surface area (Å²) >= 11 is 6.30. The van der Waals surface area contributed by atoms with Crippen LogP contribution in [0.3, 0.4) is 0 Å². The smallest absolute Gasteiger partial charge is 0.123 e. The Balaban J connectivity index is 1.92. The van der Waals surface area contributed by atoms with E-state index in [1.807, 2.05) is 12.1 Å². The molecule has 1 saturated carbocycles. The second-order valence-electron chi connectivity index (χ2n) is 6.52. The van der Waals surface area contributed by atoms with E-state index in [-0.39, 0.29) is 11.2 Å². The first kappa shape index (κ1) is 15.8. The molecule has 20 heavy (non-hydrogen) atoms. The highest BCUT2D eigenvalue weighted by Crippen LogP contribution is 2.43. The van der Waals surface area contributed by atoms with Crippen molar-refractivity contribution in [2.75, 3.05) is 5.88 Å². The summed E-state index contributed by atoms with van der Waals surface area (Å²) in [6.45, 7) is 2.26. The summed E-state index contributed by atoms with van der Waals surface area (Å²) in [6.07, 6.45) is 10.1. The molecular formula is C18H26ClF. The van der Waals surface area contributed by atoms with Gasteiger partial charge in [-0.15, -0.1) is 11.6 Å². The van der Waals surface area contributed by atoms with Crippen LogP contribution in [-0.2, 0) is 6.42 Å². The van der Waals surface area contributed by atoms with E-state index in [0.717, 1.165) is 18.2 Å². The van der Waals surface area contributed by atoms with Crippen LogP contribution in [0.2, 0.25) is 0 Å². The molecular weight excluding hydrogens is 271 g/mol. The Hall–Kier alpha value is -0.560. The molecule has 0 unspecified atom stereocenters. The first-order chi connectivity index (χ1) is 9.67. The highest BCUT2D eigenvalue weighted by molar-refractivity contribution is 6.18. The van der Waals surface area contributed by atoms with Crippen LogP contribution < -0.4 is 0 Å². The number of alkyl halides is 1. The average Bonchev–Trinajstić information content (AvgIpc) is 2.49. The molecule has 0 heterocycles. The van der Waals surface area contributed by atoms with Crippen LogP contribution in [0.1, 0.15) is 57.4 Å². The van der Waals surface area contributed by atoms with Crippen molar-refractivity contribution in [2.45, 2.75) is 58.3 Å². The molecule has 0 spiro atoms. The Morgan fingerprint density at radius 1 is 1.20 bits per heavy atom. The van der Waals surface area contributed by atoms with E-state index in [1.165, 1.54) is 50.5 Å². The fourth-order valence-corrected chi connectivity index (χ4v) is 3.83. The standard InChI is InChI=1S/C18H26ClF/c1-2-3-4-15-9-11-18(14-19,12-10-15)13-16-5-7-17(20)8-6-16/h5-8,15H,2-4,9-14H2,1H3. The van der Waals surface area contributed by atoms with Crippen molar-refractivity contribution < 1.29 is 4.39 Å². The number of unbranched alkanes of at least 4 members (excludes halogenated alkanes) is 1. The molecule has 2 heteroatoms. The highest BCUT2D eigenvalue weighted by Gasteiger charge is 2.34. The van der Waals surface area contributed by atoms with Crippen LogP contribution >= 0.6 is 11.6 Å². The Morgan fingerprint density at radius 3 is 2.40 bits per heavy atom. The first-order valence-corrected chi connectivity index (χ1v) is 8.51. The van der Waals surface area contributed by atoms with Gasteiger partial charge in [0.1, 0.15) is 5.82 Å². The summed E-state index contributed by atoms with van der Waals surface area (Å²) < 4.78 is 13.0. The SMILES string of the molecule is CCCCC1CCC(CCl)(Cc2ccc(F)cc2)CC1. The maximum absolute atomic E-state index is 13.0. The molecule has 0 aliphatic heterocycles. The molecule has 0 radical (unpaired) electrons. The molecule has 1 aromatic carbocycles. The van der Waals surface area contributed by atoms with E-state index in [2.05, 4.69) is 6.92 Å². The molecule has 0 nitrogen and oxygen atoms in total. The van der Waals surface area contributed by atoms with Crippen LogP contribution in [0.15, 0.2) is 24.3 Å². The second kappa shape index (κ2) is 7.45. The minimum absolute atomic E-state index is 0.156. The van der Waals surface area contributed by atoms with Gasteiger partial charge in [-0.25, -0.2) is 4.39 Å². The molecule has 1 aliphatic carbocycles. The normalized spacial score (nSPS) is 26.6. The van der Waals surface area contributed by atoms with Gasteiger partial charge in [0.25, 0.3) is 0 Å². The maximum atomic E-state index is 13.0.